The summed E-state index contributed by atoms with van der Waals surface area (Å²) in [6, 6.07) is 44.8. The van der Waals surface area contributed by atoms with Crippen molar-refractivity contribution < 1.29 is 4.42 Å². The zero-order chi connectivity index (χ0) is 81.8. The van der Waals surface area contributed by atoms with Crippen LogP contribution in [0.15, 0.2) is 219 Å². The second kappa shape index (κ2) is 57.1. The highest BCUT2D eigenvalue weighted by atomic mass is 16.3. The van der Waals surface area contributed by atoms with Gasteiger partial charge in [-0.3, -0.25) is 29.9 Å². The number of hydrogen-bond donors (Lipinski definition) is 0. The lowest BCUT2D eigenvalue weighted by molar-refractivity contribution is 0.501. The van der Waals surface area contributed by atoms with E-state index in [0.29, 0.717) is 41.4 Å². The standard InChI is InChI=1S/2C11H13N.4C10H12N2.C10H11NO.C8H12.8C2H6/c2*1-8(2)11-7-9-5-3-4-6-10(9)12-11;1-7(2)10-5-8-6-11-4-3-9(8)12-10;1-7(2)9-6-10-8(12-9)4-3-5-11-10;1-8(2)9-7-12-6-4-3-5-10(12)11-9;1-8(2)10-7-9-5-3-4-6-12(9)11-10;1-7(2)10-11-8-5-3-4-6-9(8)12-10;1-7(2)8-5-3-4-6-8;8*1-2/h2*3-6,8H,7H2,1-2H3;3-4,6-7H,5H2,1-2H3;3-5,7H,6H2,1-2H3;2*3-8H,1-2H3;3-7H,1-2H3;3-5,7H,6H2,1-2H3;8*1-2H3. The molecule has 7 aromatic heterocycles. The van der Waals surface area contributed by atoms with Gasteiger partial charge in [-0.15, -0.1) is 0 Å². The van der Waals surface area contributed by atoms with Gasteiger partial charge in [0.1, 0.15) is 11.2 Å². The van der Waals surface area contributed by atoms with E-state index in [1.807, 2.05) is 225 Å². The summed E-state index contributed by atoms with van der Waals surface area (Å²) in [5.41, 5.74) is 22.7. The predicted molar refractivity (Wildman–Crippen MR) is 478 cm³/mol. The highest BCUT2D eigenvalue weighted by molar-refractivity contribution is 5.97. The van der Waals surface area contributed by atoms with Crippen LogP contribution >= 0.6 is 0 Å². The minimum absolute atomic E-state index is 0.359. The third kappa shape index (κ3) is 33.6. The zero-order valence-corrected chi connectivity index (χ0v) is 73.4. The molecule has 3 aromatic carbocycles. The summed E-state index contributed by atoms with van der Waals surface area (Å²) in [5.74, 6) is 5.18. The van der Waals surface area contributed by atoms with E-state index in [-0.39, 0.29) is 0 Å². The number of benzene rings is 3. The topological polar surface area (TPSA) is 136 Å². The molecule has 11 heterocycles. The van der Waals surface area contributed by atoms with Crippen LogP contribution in [0, 0.1) is 29.6 Å². The van der Waals surface area contributed by atoms with Gasteiger partial charge < -0.3 is 8.82 Å². The molecule has 0 radical (unpaired) electrons. The molecule has 10 aromatic rings. The Hall–Kier alpha value is -9.03. The van der Waals surface area contributed by atoms with Gasteiger partial charge >= 0.3 is 0 Å². The van der Waals surface area contributed by atoms with Crippen LogP contribution in [-0.2, 0) is 25.7 Å². The maximum Gasteiger partial charge on any atom is 0.198 e. The zero-order valence-electron chi connectivity index (χ0n) is 73.4. The normalized spacial score (nSPS) is 12.1. The fraction of sp³-hybridized carbons (Fsp3) is 0.469. The van der Waals surface area contributed by atoms with Crippen molar-refractivity contribution in [2.75, 3.05) is 0 Å². The van der Waals surface area contributed by atoms with E-state index >= 15 is 0 Å². The van der Waals surface area contributed by atoms with Crippen molar-refractivity contribution in [3.8, 4) is 0 Å². The lowest BCUT2D eigenvalue weighted by Gasteiger charge is -2.02. The lowest BCUT2D eigenvalue weighted by atomic mass is 10.0. The maximum atomic E-state index is 5.52. The largest absolute Gasteiger partial charge is 0.440 e. The summed E-state index contributed by atoms with van der Waals surface area (Å²) in [7, 11) is 0. The van der Waals surface area contributed by atoms with E-state index < -0.39 is 0 Å². The average Bonchev–Trinajstić information content (AvgIpc) is 1.75. The molecule has 0 bridgehead atoms. The van der Waals surface area contributed by atoms with Crippen LogP contribution in [0.4, 0.5) is 22.7 Å². The van der Waals surface area contributed by atoms with E-state index in [1.165, 1.54) is 62.8 Å². The van der Waals surface area contributed by atoms with Gasteiger partial charge in [0.2, 0.25) is 0 Å². The van der Waals surface area contributed by atoms with Crippen molar-refractivity contribution >= 4 is 67.9 Å². The first-order chi connectivity index (χ1) is 52.2. The molecule has 0 N–H and O–H groups in total. The molecule has 0 atom stereocenters. The van der Waals surface area contributed by atoms with Gasteiger partial charge in [-0.05, 0) is 132 Å². The second-order valence-corrected chi connectivity index (χ2v) is 26.3. The van der Waals surface area contributed by atoms with Gasteiger partial charge in [-0.1, -0.05) is 306 Å². The summed E-state index contributed by atoms with van der Waals surface area (Å²) in [5, 5.41) is 4.43. The Labute approximate surface area is 657 Å². The van der Waals surface area contributed by atoms with Crippen LogP contribution in [0.25, 0.3) is 22.3 Å². The molecule has 0 fully saturated rings. The first kappa shape index (κ1) is 99.0. The Kier molecular flexibility index (Phi) is 52.4. The highest BCUT2D eigenvalue weighted by Crippen LogP contribution is 2.31. The third-order valence-corrected chi connectivity index (χ3v) is 16.2. The van der Waals surface area contributed by atoms with Crippen molar-refractivity contribution in [3.63, 3.8) is 0 Å². The van der Waals surface area contributed by atoms with E-state index in [0.717, 1.165) is 82.7 Å². The van der Waals surface area contributed by atoms with Gasteiger partial charge in [0.05, 0.1) is 45.3 Å². The average molecular weight is 1470 g/mol. The number of aromatic nitrogens is 7. The minimum Gasteiger partial charge on any atom is -0.440 e. The van der Waals surface area contributed by atoms with Crippen molar-refractivity contribution in [3.05, 3.63) is 234 Å². The number of imidazole rings is 1. The van der Waals surface area contributed by atoms with Crippen molar-refractivity contribution in [2.24, 2.45) is 49.6 Å². The number of rotatable bonds is 8. The van der Waals surface area contributed by atoms with Crippen LogP contribution in [0.5, 0.6) is 0 Å². The van der Waals surface area contributed by atoms with Crippen LogP contribution < -0.4 is 0 Å². The molecule has 0 amide bonds. The Morgan fingerprint density at radius 1 is 0.389 bits per heavy atom. The van der Waals surface area contributed by atoms with Crippen LogP contribution in [0.3, 0.4) is 0 Å². The van der Waals surface area contributed by atoms with Crippen molar-refractivity contribution in [1.82, 2.24) is 34.0 Å². The summed E-state index contributed by atoms with van der Waals surface area (Å²) in [6.07, 6.45) is 23.4. The third-order valence-electron chi connectivity index (χ3n) is 16.2. The van der Waals surface area contributed by atoms with Crippen molar-refractivity contribution in [1.29, 1.82) is 0 Å². The molecule has 15 rings (SSSR count). The lowest BCUT2D eigenvalue weighted by Crippen LogP contribution is -2.06. The van der Waals surface area contributed by atoms with E-state index in [9.17, 15) is 0 Å². The number of hydrogen-bond acceptors (Lipinski definition) is 10. The molecule has 0 saturated heterocycles. The van der Waals surface area contributed by atoms with Crippen LogP contribution in [0.1, 0.15) is 285 Å². The Bertz CT molecular complexity index is 3640. The van der Waals surface area contributed by atoms with Gasteiger partial charge in [-0.25, -0.2) is 14.5 Å². The molecule has 1 aliphatic carbocycles. The minimum atomic E-state index is 0.359. The fourth-order valence-electron chi connectivity index (χ4n) is 10.2. The molecule has 5 aliphatic rings. The number of pyridine rings is 4. The molecule has 0 unspecified atom stereocenters. The molecule has 4 aliphatic heterocycles. The van der Waals surface area contributed by atoms with Crippen LogP contribution in [0.2, 0.25) is 0 Å². The van der Waals surface area contributed by atoms with E-state index in [4.69, 9.17) is 4.42 Å². The molecule has 12 nitrogen and oxygen atoms in total. The SMILES string of the molecule is CC.CC.CC.CC.CC.CC.CC.CC.CC(C)C1=CC=CC1.CC(C)C1=Nc2ccccc2C1.CC(C)C1=Nc2ccccc2C1.CC(C)C1=Nc2cccnc2C1.CC(C)C1=Nc2ccncc2C1.CC(C)c1cc2ccccn2n1.CC(C)c1cn2ccccc2n1.CC(C)c1nc2ccccc2o1. The molecular formula is C96H145N11O. The number of fused-ring (bicyclic) bond motifs is 7. The van der Waals surface area contributed by atoms with E-state index in [2.05, 4.69) is 233 Å². The van der Waals surface area contributed by atoms with E-state index in [1.54, 1.807) is 11.8 Å². The number of nitrogens with zero attached hydrogens (tertiary/aromatic N) is 11. The van der Waals surface area contributed by atoms with Gasteiger partial charge in [0.15, 0.2) is 11.5 Å². The summed E-state index contributed by atoms with van der Waals surface area (Å²) >= 11 is 0. The first-order valence-corrected chi connectivity index (χ1v) is 41.1. The molecule has 12 heteroatoms. The number of aliphatic imine (C=N–C) groups is 4. The van der Waals surface area contributed by atoms with Gasteiger partial charge in [-0.2, -0.15) is 5.10 Å². The fourth-order valence-corrected chi connectivity index (χ4v) is 10.2. The predicted octanol–water partition coefficient (Wildman–Crippen LogP) is 29.3. The smallest absolute Gasteiger partial charge is 0.198 e. The quantitative estimate of drug-likeness (QED) is 0.149. The Balaban J connectivity index is 0.00000118. The maximum absolute atomic E-state index is 5.52. The summed E-state index contributed by atoms with van der Waals surface area (Å²) in [6.45, 7) is 66.7. The summed E-state index contributed by atoms with van der Waals surface area (Å²) < 4.78 is 9.48. The van der Waals surface area contributed by atoms with Gasteiger partial charge in [0.25, 0.3) is 0 Å². The van der Waals surface area contributed by atoms with Gasteiger partial charge in [0, 0.05) is 97.2 Å². The highest BCUT2D eigenvalue weighted by Gasteiger charge is 2.20. The number of oxazole rings is 1. The molecule has 590 valence electrons. The second-order valence-electron chi connectivity index (χ2n) is 26.3. The molecule has 0 spiro atoms. The Morgan fingerprint density at radius 2 is 0.852 bits per heavy atom. The number of para-hydroxylation sites is 4. The van der Waals surface area contributed by atoms with Crippen molar-refractivity contribution in [2.45, 2.75) is 271 Å². The molecule has 0 saturated carbocycles. The molecular weight excluding hydrogens is 1320 g/mol. The summed E-state index contributed by atoms with van der Waals surface area (Å²) in [4.78, 5) is 35.3. The first-order valence-electron chi connectivity index (χ1n) is 41.1. The monoisotopic (exact) mass is 1470 g/mol. The molecule has 108 heavy (non-hydrogen) atoms. The number of allylic oxidation sites excluding steroid dienone is 4. The van der Waals surface area contributed by atoms with Crippen LogP contribution in [-0.4, -0.2) is 56.8 Å². The Morgan fingerprint density at radius 3 is 1.30 bits per heavy atom.